The monoisotopic (exact) mass is 359 g/mol. The molecule has 0 aliphatic heterocycles. The van der Waals surface area contributed by atoms with Gasteiger partial charge in [0.25, 0.3) is 5.91 Å². The molecule has 1 amide bonds. The molecule has 0 saturated heterocycles. The van der Waals surface area contributed by atoms with E-state index in [0.29, 0.717) is 35.4 Å². The first-order valence-electron chi connectivity index (χ1n) is 7.84. The van der Waals surface area contributed by atoms with E-state index in [0.717, 1.165) is 5.76 Å². The highest BCUT2D eigenvalue weighted by molar-refractivity contribution is 6.30. The zero-order valence-corrected chi connectivity index (χ0v) is 14.5. The van der Waals surface area contributed by atoms with Crippen LogP contribution in [-0.2, 0) is 17.9 Å². The van der Waals surface area contributed by atoms with Crippen LogP contribution in [0.4, 0.5) is 0 Å². The van der Waals surface area contributed by atoms with E-state index in [2.05, 4.69) is 0 Å². The third-order valence-electron chi connectivity index (χ3n) is 3.58. The van der Waals surface area contributed by atoms with Crippen LogP contribution in [0.5, 0.6) is 5.75 Å². The number of hydrogen-bond acceptors (Lipinski definition) is 4. The number of hydrogen-bond donors (Lipinski definition) is 0. The van der Waals surface area contributed by atoms with E-state index in [1.807, 2.05) is 25.1 Å². The number of rotatable bonds is 7. The lowest BCUT2D eigenvalue weighted by Crippen LogP contribution is -2.33. The number of furan rings is 2. The predicted molar refractivity (Wildman–Crippen MR) is 93.4 cm³/mol. The second-order valence-corrected chi connectivity index (χ2v) is 6.02. The molecular weight excluding hydrogens is 342 g/mol. The Morgan fingerprint density at radius 2 is 1.96 bits per heavy atom. The van der Waals surface area contributed by atoms with Crippen LogP contribution in [0.3, 0.4) is 0 Å². The first-order chi connectivity index (χ1) is 12.1. The number of halogens is 1. The van der Waals surface area contributed by atoms with E-state index < -0.39 is 0 Å². The molecule has 25 heavy (non-hydrogen) atoms. The Bertz CT molecular complexity index is 826. The summed E-state index contributed by atoms with van der Waals surface area (Å²) in [5.41, 5.74) is 0. The maximum Gasteiger partial charge on any atom is 0.261 e. The molecule has 3 aromatic rings. The molecule has 0 bridgehead atoms. The van der Waals surface area contributed by atoms with Crippen molar-refractivity contribution in [1.82, 2.24) is 4.90 Å². The quantitative estimate of drug-likeness (QED) is 0.625. The average Bonchev–Trinajstić information content (AvgIpc) is 3.24. The molecule has 3 rings (SSSR count). The minimum atomic E-state index is -0.176. The van der Waals surface area contributed by atoms with E-state index in [9.17, 15) is 4.79 Å². The second kappa shape index (κ2) is 7.94. The summed E-state index contributed by atoms with van der Waals surface area (Å²) in [6.07, 6.45) is 1.58. The van der Waals surface area contributed by atoms with Crippen molar-refractivity contribution in [2.75, 3.05) is 6.61 Å². The summed E-state index contributed by atoms with van der Waals surface area (Å²) in [5, 5.41) is 0.559. The number of carbonyl (C=O) groups is 1. The zero-order valence-electron chi connectivity index (χ0n) is 13.8. The van der Waals surface area contributed by atoms with Gasteiger partial charge in [0, 0.05) is 5.02 Å². The molecule has 0 spiro atoms. The molecule has 0 saturated carbocycles. The van der Waals surface area contributed by atoms with Gasteiger partial charge in [-0.15, -0.1) is 0 Å². The minimum Gasteiger partial charge on any atom is -0.484 e. The van der Waals surface area contributed by atoms with Gasteiger partial charge in [0.2, 0.25) is 0 Å². The normalized spacial score (nSPS) is 10.6. The van der Waals surface area contributed by atoms with Gasteiger partial charge in [0.15, 0.2) is 6.61 Å². The number of aryl methyl sites for hydroxylation is 1. The van der Waals surface area contributed by atoms with Crippen molar-refractivity contribution in [2.24, 2.45) is 0 Å². The summed E-state index contributed by atoms with van der Waals surface area (Å²) < 4.78 is 16.5. The Balaban J connectivity index is 1.67. The molecule has 130 valence electrons. The maximum absolute atomic E-state index is 12.6. The predicted octanol–water partition coefficient (Wildman–Crippen LogP) is 4.44. The van der Waals surface area contributed by atoms with E-state index in [4.69, 9.17) is 25.2 Å². The van der Waals surface area contributed by atoms with Gasteiger partial charge in [-0.25, -0.2) is 0 Å². The van der Waals surface area contributed by atoms with Gasteiger partial charge in [-0.1, -0.05) is 17.7 Å². The van der Waals surface area contributed by atoms with Crippen molar-refractivity contribution in [1.29, 1.82) is 0 Å². The number of benzene rings is 1. The Kier molecular flexibility index (Phi) is 5.46. The van der Waals surface area contributed by atoms with Crippen molar-refractivity contribution in [3.8, 4) is 5.75 Å². The Hall–Kier alpha value is -2.66. The van der Waals surface area contributed by atoms with Crippen LogP contribution < -0.4 is 4.74 Å². The molecule has 0 N–H and O–H groups in total. The molecule has 0 radical (unpaired) electrons. The van der Waals surface area contributed by atoms with E-state index in [-0.39, 0.29) is 12.5 Å². The second-order valence-electron chi connectivity index (χ2n) is 5.59. The van der Waals surface area contributed by atoms with Crippen LogP contribution in [-0.4, -0.2) is 17.4 Å². The summed E-state index contributed by atoms with van der Waals surface area (Å²) in [4.78, 5) is 14.3. The first-order valence-corrected chi connectivity index (χ1v) is 8.22. The maximum atomic E-state index is 12.6. The van der Waals surface area contributed by atoms with Gasteiger partial charge >= 0.3 is 0 Å². The summed E-state index contributed by atoms with van der Waals surface area (Å²) in [5.74, 6) is 2.58. The zero-order chi connectivity index (χ0) is 17.6. The lowest BCUT2D eigenvalue weighted by Gasteiger charge is -2.20. The lowest BCUT2D eigenvalue weighted by molar-refractivity contribution is -0.135. The largest absolute Gasteiger partial charge is 0.484 e. The van der Waals surface area contributed by atoms with Crippen LogP contribution in [0.2, 0.25) is 5.02 Å². The molecule has 0 atom stereocenters. The summed E-state index contributed by atoms with van der Waals surface area (Å²) >= 11 is 5.93. The van der Waals surface area contributed by atoms with Gasteiger partial charge in [0.05, 0.1) is 19.4 Å². The van der Waals surface area contributed by atoms with Crippen LogP contribution in [0, 0.1) is 6.92 Å². The highest BCUT2D eigenvalue weighted by Crippen LogP contribution is 2.18. The molecule has 2 heterocycles. The highest BCUT2D eigenvalue weighted by atomic mass is 35.5. The fraction of sp³-hybridized carbons (Fsp3) is 0.211. The molecule has 5 nitrogen and oxygen atoms in total. The lowest BCUT2D eigenvalue weighted by atomic mass is 10.3. The van der Waals surface area contributed by atoms with Crippen LogP contribution in [0.15, 0.2) is 63.6 Å². The van der Waals surface area contributed by atoms with E-state index >= 15 is 0 Å². The van der Waals surface area contributed by atoms with Crippen molar-refractivity contribution < 1.29 is 18.4 Å². The third kappa shape index (κ3) is 4.90. The van der Waals surface area contributed by atoms with Gasteiger partial charge < -0.3 is 18.5 Å². The fourth-order valence-corrected chi connectivity index (χ4v) is 2.55. The SMILES string of the molecule is Cc1ccc(CN(Cc2ccco2)C(=O)COc2cccc(Cl)c2)o1. The van der Waals surface area contributed by atoms with E-state index in [1.54, 1.807) is 41.5 Å². The Morgan fingerprint density at radius 3 is 2.64 bits per heavy atom. The van der Waals surface area contributed by atoms with Crippen molar-refractivity contribution in [3.63, 3.8) is 0 Å². The summed E-state index contributed by atoms with van der Waals surface area (Å²) in [6, 6.07) is 14.3. The van der Waals surface area contributed by atoms with Crippen LogP contribution in [0.25, 0.3) is 0 Å². The fourth-order valence-electron chi connectivity index (χ4n) is 2.37. The standard InChI is InChI=1S/C19H18ClNO4/c1-14-7-8-18(25-14)12-21(11-17-6-3-9-23-17)19(22)13-24-16-5-2-4-15(20)10-16/h2-10H,11-13H2,1H3. The number of amides is 1. The van der Waals surface area contributed by atoms with Crippen LogP contribution in [0.1, 0.15) is 17.3 Å². The van der Waals surface area contributed by atoms with Crippen molar-refractivity contribution in [2.45, 2.75) is 20.0 Å². The average molecular weight is 360 g/mol. The molecule has 2 aromatic heterocycles. The van der Waals surface area contributed by atoms with Crippen molar-refractivity contribution >= 4 is 17.5 Å². The smallest absolute Gasteiger partial charge is 0.261 e. The molecular formula is C19H18ClNO4. The van der Waals surface area contributed by atoms with Gasteiger partial charge in [-0.3, -0.25) is 4.79 Å². The first kappa shape index (κ1) is 17.2. The van der Waals surface area contributed by atoms with Gasteiger partial charge in [-0.2, -0.15) is 0 Å². The molecule has 0 aliphatic carbocycles. The highest BCUT2D eigenvalue weighted by Gasteiger charge is 2.18. The molecule has 6 heteroatoms. The molecule has 0 fully saturated rings. The minimum absolute atomic E-state index is 0.0965. The molecule has 0 aliphatic rings. The molecule has 0 unspecified atom stereocenters. The number of ether oxygens (including phenoxy) is 1. The van der Waals surface area contributed by atoms with Gasteiger partial charge in [0.1, 0.15) is 23.0 Å². The van der Waals surface area contributed by atoms with Crippen molar-refractivity contribution in [3.05, 3.63) is 77.1 Å². The number of carbonyl (C=O) groups excluding carboxylic acids is 1. The number of nitrogens with zero attached hydrogens (tertiary/aromatic N) is 1. The Morgan fingerprint density at radius 1 is 1.12 bits per heavy atom. The summed E-state index contributed by atoms with van der Waals surface area (Å²) in [6.45, 7) is 2.45. The molecule has 1 aromatic carbocycles. The van der Waals surface area contributed by atoms with Gasteiger partial charge in [-0.05, 0) is 49.4 Å². The summed E-state index contributed by atoms with van der Waals surface area (Å²) in [7, 11) is 0. The third-order valence-corrected chi connectivity index (χ3v) is 3.82. The topological polar surface area (TPSA) is 55.8 Å². The van der Waals surface area contributed by atoms with Crippen LogP contribution >= 0.6 is 11.6 Å². The Labute approximate surface area is 150 Å². The van der Waals surface area contributed by atoms with E-state index in [1.165, 1.54) is 0 Å².